The minimum absolute atomic E-state index is 0.444. The van der Waals surface area contributed by atoms with Gasteiger partial charge >= 0.3 is 0 Å². The Morgan fingerprint density at radius 1 is 1.44 bits per heavy atom. The summed E-state index contributed by atoms with van der Waals surface area (Å²) in [6.45, 7) is 2.32. The van der Waals surface area contributed by atoms with E-state index in [4.69, 9.17) is 0 Å². The number of hydrogen-bond donors (Lipinski definition) is 0. The quantitative estimate of drug-likeness (QED) is 0.553. The summed E-state index contributed by atoms with van der Waals surface area (Å²) >= 11 is 2.08. The minimum atomic E-state index is 0.444. The monoisotopic (exact) mass is 145 g/mol. The molecule has 0 amide bonds. The highest BCUT2D eigenvalue weighted by Crippen LogP contribution is 2.38. The van der Waals surface area contributed by atoms with Crippen molar-refractivity contribution in [2.75, 3.05) is 19.8 Å². The first-order valence-corrected chi connectivity index (χ1v) is 4.45. The molecule has 0 N–H and O–H groups in total. The Hall–Kier alpha value is 0.310. The van der Waals surface area contributed by atoms with Crippen LogP contribution in [0.4, 0.5) is 0 Å². The number of nitrogens with zero attached hydrogens (tertiary/aromatic N) is 1. The second-order valence-corrected chi connectivity index (χ2v) is 4.60. The van der Waals surface area contributed by atoms with Crippen LogP contribution in [0.25, 0.3) is 0 Å². The van der Waals surface area contributed by atoms with Gasteiger partial charge in [0.1, 0.15) is 0 Å². The van der Waals surface area contributed by atoms with E-state index in [0.29, 0.717) is 4.87 Å². The molecule has 1 aliphatic heterocycles. The van der Waals surface area contributed by atoms with E-state index in [0.717, 1.165) is 0 Å². The van der Waals surface area contributed by atoms with Crippen molar-refractivity contribution in [1.82, 2.24) is 4.90 Å². The maximum absolute atomic E-state index is 2.32. The van der Waals surface area contributed by atoms with E-state index in [2.05, 4.69) is 37.7 Å². The highest BCUT2D eigenvalue weighted by atomic mass is 32.2. The van der Waals surface area contributed by atoms with E-state index in [9.17, 15) is 0 Å². The van der Waals surface area contributed by atoms with Gasteiger partial charge in [-0.2, -0.15) is 0 Å². The summed E-state index contributed by atoms with van der Waals surface area (Å²) in [6.07, 6.45) is 2.74. The Balaban J connectivity index is 2.51. The van der Waals surface area contributed by atoms with Crippen LogP contribution in [0.3, 0.4) is 0 Å². The topological polar surface area (TPSA) is 3.24 Å². The van der Waals surface area contributed by atoms with Gasteiger partial charge in [0.2, 0.25) is 0 Å². The lowest BCUT2D eigenvalue weighted by Gasteiger charge is -2.30. The van der Waals surface area contributed by atoms with Gasteiger partial charge in [-0.05, 0) is 39.6 Å². The zero-order valence-corrected chi connectivity index (χ0v) is 7.29. The molecular weight excluding hydrogens is 130 g/mol. The van der Waals surface area contributed by atoms with E-state index < -0.39 is 0 Å². The summed E-state index contributed by atoms with van der Waals surface area (Å²) in [5.41, 5.74) is 0. The molecule has 0 saturated carbocycles. The van der Waals surface area contributed by atoms with Gasteiger partial charge in [0, 0.05) is 0 Å². The fourth-order valence-corrected chi connectivity index (χ4v) is 2.39. The normalized spacial score (nSPS) is 36.0. The van der Waals surface area contributed by atoms with Crippen molar-refractivity contribution in [3.63, 3.8) is 0 Å². The van der Waals surface area contributed by atoms with Gasteiger partial charge in [-0.15, -0.1) is 11.8 Å². The van der Waals surface area contributed by atoms with E-state index >= 15 is 0 Å². The summed E-state index contributed by atoms with van der Waals surface area (Å²) in [6, 6.07) is 0. The summed E-state index contributed by atoms with van der Waals surface area (Å²) in [5, 5.41) is 0. The maximum Gasteiger partial charge on any atom is 0.0636 e. The molecule has 0 aromatic carbocycles. The first kappa shape index (κ1) is 7.42. The van der Waals surface area contributed by atoms with Gasteiger partial charge in [-0.1, -0.05) is 0 Å². The Kier molecular flexibility index (Phi) is 2.07. The van der Waals surface area contributed by atoms with E-state index in [1.165, 1.54) is 18.6 Å². The molecule has 1 saturated heterocycles. The van der Waals surface area contributed by atoms with Crippen molar-refractivity contribution < 1.29 is 0 Å². The molecule has 0 bridgehead atoms. The summed E-state index contributed by atoms with van der Waals surface area (Å²) in [5.74, 6) is 1.34. The van der Waals surface area contributed by atoms with Crippen molar-refractivity contribution in [3.05, 3.63) is 0 Å². The molecule has 1 nitrogen and oxygen atoms in total. The first-order chi connectivity index (χ1) is 4.15. The largest absolute Gasteiger partial charge is 0.295 e. The molecule has 2 heteroatoms. The Morgan fingerprint density at radius 3 is 2.33 bits per heavy atom. The lowest BCUT2D eigenvalue weighted by atomic mass is 10.2. The third-order valence-corrected chi connectivity index (χ3v) is 3.83. The van der Waals surface area contributed by atoms with Crippen molar-refractivity contribution in [1.29, 1.82) is 0 Å². The summed E-state index contributed by atoms with van der Waals surface area (Å²) in [4.78, 5) is 2.77. The smallest absolute Gasteiger partial charge is 0.0636 e. The predicted octanol–water partition coefficient (Wildman–Crippen LogP) is 1.79. The average Bonchev–Trinajstić information content (AvgIpc) is 2.16. The molecule has 0 aromatic heterocycles. The lowest BCUT2D eigenvalue weighted by molar-refractivity contribution is 0.271. The average molecular weight is 145 g/mol. The van der Waals surface area contributed by atoms with Gasteiger partial charge in [0.15, 0.2) is 0 Å². The molecule has 0 aliphatic carbocycles. The number of thioether (sulfide) groups is 1. The maximum atomic E-state index is 2.32. The number of hydrogen-bond acceptors (Lipinski definition) is 2. The minimum Gasteiger partial charge on any atom is -0.295 e. The Labute approximate surface area is 61.8 Å². The molecule has 1 unspecified atom stereocenters. The molecule has 1 heterocycles. The van der Waals surface area contributed by atoms with Crippen LogP contribution in [0.5, 0.6) is 0 Å². The van der Waals surface area contributed by atoms with E-state index in [-0.39, 0.29) is 0 Å². The molecule has 1 aliphatic rings. The highest BCUT2D eigenvalue weighted by Gasteiger charge is 2.30. The lowest BCUT2D eigenvalue weighted by Crippen LogP contribution is -2.35. The van der Waals surface area contributed by atoms with Crippen LogP contribution in [0.1, 0.15) is 19.8 Å². The van der Waals surface area contributed by atoms with Gasteiger partial charge in [-0.25, -0.2) is 0 Å². The van der Waals surface area contributed by atoms with Crippen LogP contribution < -0.4 is 0 Å². The van der Waals surface area contributed by atoms with Gasteiger partial charge in [-0.3, -0.25) is 4.90 Å². The fourth-order valence-electron chi connectivity index (χ4n) is 1.12. The first-order valence-electron chi connectivity index (χ1n) is 3.46. The standard InChI is InChI=1S/C7H15NS/c1-7(8(2)3)5-4-6-9-7/h4-6H2,1-3H3. The third kappa shape index (κ3) is 1.41. The molecule has 1 atom stereocenters. The van der Waals surface area contributed by atoms with Crippen LogP contribution in [0.2, 0.25) is 0 Å². The summed E-state index contributed by atoms with van der Waals surface area (Å²) in [7, 11) is 4.33. The zero-order valence-electron chi connectivity index (χ0n) is 6.48. The molecule has 54 valence electrons. The van der Waals surface area contributed by atoms with Crippen LogP contribution in [-0.4, -0.2) is 29.6 Å². The van der Waals surface area contributed by atoms with Crippen molar-refractivity contribution in [2.45, 2.75) is 24.6 Å². The fraction of sp³-hybridized carbons (Fsp3) is 1.00. The Morgan fingerprint density at radius 2 is 2.11 bits per heavy atom. The molecular formula is C7H15NS. The van der Waals surface area contributed by atoms with Crippen molar-refractivity contribution >= 4 is 11.8 Å². The van der Waals surface area contributed by atoms with E-state index in [1.54, 1.807) is 0 Å². The molecule has 1 fully saturated rings. The third-order valence-electron chi connectivity index (χ3n) is 2.14. The van der Waals surface area contributed by atoms with Crippen LogP contribution >= 0.6 is 11.8 Å². The highest BCUT2D eigenvalue weighted by molar-refractivity contribution is 8.00. The van der Waals surface area contributed by atoms with Crippen LogP contribution in [0.15, 0.2) is 0 Å². The molecule has 0 radical (unpaired) electrons. The van der Waals surface area contributed by atoms with Crippen molar-refractivity contribution in [2.24, 2.45) is 0 Å². The van der Waals surface area contributed by atoms with Crippen molar-refractivity contribution in [3.8, 4) is 0 Å². The zero-order chi connectivity index (χ0) is 6.91. The SMILES string of the molecule is CN(C)C1(C)CCCS1. The van der Waals surface area contributed by atoms with Gasteiger partial charge in [0.25, 0.3) is 0 Å². The van der Waals surface area contributed by atoms with Crippen LogP contribution in [-0.2, 0) is 0 Å². The molecule has 0 aromatic rings. The van der Waals surface area contributed by atoms with Gasteiger partial charge < -0.3 is 0 Å². The molecule has 9 heavy (non-hydrogen) atoms. The van der Waals surface area contributed by atoms with E-state index in [1.807, 2.05) is 0 Å². The second kappa shape index (κ2) is 2.51. The number of rotatable bonds is 1. The van der Waals surface area contributed by atoms with Crippen LogP contribution in [0, 0.1) is 0 Å². The molecule has 1 rings (SSSR count). The molecule has 0 spiro atoms. The predicted molar refractivity (Wildman–Crippen MR) is 43.8 cm³/mol. The second-order valence-electron chi connectivity index (χ2n) is 3.02. The Bertz CT molecular complexity index is 95.1. The summed E-state index contributed by atoms with van der Waals surface area (Å²) < 4.78 is 0. The van der Waals surface area contributed by atoms with Gasteiger partial charge in [0.05, 0.1) is 4.87 Å².